The van der Waals surface area contributed by atoms with Gasteiger partial charge in [-0.05, 0) is 44.5 Å². The number of ether oxygens (including phenoxy) is 1. The zero-order chi connectivity index (χ0) is 28.4. The number of amides is 2. The van der Waals surface area contributed by atoms with Crippen LogP contribution in [0.1, 0.15) is 37.6 Å². The smallest absolute Gasteiger partial charge is 0.316 e. The van der Waals surface area contributed by atoms with Crippen LogP contribution >= 0.6 is 0 Å². The standard InChI is InChI=1S/C28H33FN8O3/c1-16-13-37(14-17(2)32-16)24-7-6-21(26-22(24)12-31-28(34-26)40-9-5-8-30-18(3)38)27(39)33-20-10-19-15-36(4)35-25(19)23(29)11-20/h6-7,10-12,15-17,32H,5,8-9,13-14H2,1-4H3,(H,30,38)(H,33,39)/t16-,17+. The molecule has 5 rings (SSSR count). The summed E-state index contributed by atoms with van der Waals surface area (Å²) in [6.07, 6.45) is 3.94. The van der Waals surface area contributed by atoms with Gasteiger partial charge in [-0.1, -0.05) is 0 Å². The minimum Gasteiger partial charge on any atom is -0.463 e. The van der Waals surface area contributed by atoms with E-state index < -0.39 is 11.7 Å². The fourth-order valence-corrected chi connectivity index (χ4v) is 5.12. The SMILES string of the molecule is CC(=O)NCCCOc1ncc2c(N3C[C@@H](C)N[C@@H](C)C3)ccc(C(=O)Nc3cc(F)c4nn(C)cc4c3)c2n1. The molecule has 12 heteroatoms. The predicted octanol–water partition coefficient (Wildman–Crippen LogP) is 3.00. The lowest BCUT2D eigenvalue weighted by molar-refractivity contribution is -0.118. The summed E-state index contributed by atoms with van der Waals surface area (Å²) in [7, 11) is 1.71. The minimum atomic E-state index is -0.521. The second kappa shape index (κ2) is 11.4. The number of hydrogen-bond acceptors (Lipinski definition) is 8. The summed E-state index contributed by atoms with van der Waals surface area (Å²) in [6.45, 7) is 8.07. The van der Waals surface area contributed by atoms with Crippen molar-refractivity contribution in [2.45, 2.75) is 39.3 Å². The van der Waals surface area contributed by atoms with Gasteiger partial charge in [0.1, 0.15) is 5.52 Å². The molecule has 1 aliphatic rings. The van der Waals surface area contributed by atoms with Crippen molar-refractivity contribution in [3.05, 3.63) is 48.0 Å². The van der Waals surface area contributed by atoms with Gasteiger partial charge < -0.3 is 25.6 Å². The van der Waals surface area contributed by atoms with Crippen molar-refractivity contribution < 1.29 is 18.7 Å². The highest BCUT2D eigenvalue weighted by Crippen LogP contribution is 2.31. The number of fused-ring (bicyclic) bond motifs is 2. The van der Waals surface area contributed by atoms with Crippen molar-refractivity contribution in [2.24, 2.45) is 7.05 Å². The van der Waals surface area contributed by atoms with E-state index in [1.807, 2.05) is 6.07 Å². The second-order valence-electron chi connectivity index (χ2n) is 10.3. The molecule has 40 heavy (non-hydrogen) atoms. The zero-order valence-electron chi connectivity index (χ0n) is 23.0. The van der Waals surface area contributed by atoms with E-state index in [2.05, 4.69) is 49.8 Å². The van der Waals surface area contributed by atoms with E-state index in [-0.39, 0.29) is 29.5 Å². The molecule has 11 nitrogen and oxygen atoms in total. The zero-order valence-corrected chi connectivity index (χ0v) is 23.0. The summed E-state index contributed by atoms with van der Waals surface area (Å²) in [5, 5.41) is 14.5. The Labute approximate surface area is 231 Å². The number of carbonyl (C=O) groups is 2. The Morgan fingerprint density at radius 3 is 2.70 bits per heavy atom. The fraction of sp³-hybridized carbons (Fsp3) is 0.393. The van der Waals surface area contributed by atoms with Gasteiger partial charge >= 0.3 is 6.01 Å². The van der Waals surface area contributed by atoms with Crippen molar-refractivity contribution in [1.29, 1.82) is 0 Å². The van der Waals surface area contributed by atoms with Gasteiger partial charge in [-0.2, -0.15) is 10.1 Å². The molecule has 1 fully saturated rings. The van der Waals surface area contributed by atoms with Crippen LogP contribution in [0, 0.1) is 5.82 Å². The maximum Gasteiger partial charge on any atom is 0.316 e. The molecule has 2 atom stereocenters. The maximum atomic E-state index is 14.7. The first-order chi connectivity index (χ1) is 19.2. The highest BCUT2D eigenvalue weighted by Gasteiger charge is 2.25. The Balaban J connectivity index is 1.47. The quantitative estimate of drug-likeness (QED) is 0.287. The number of halogens is 1. The molecule has 0 spiro atoms. The van der Waals surface area contributed by atoms with E-state index >= 15 is 0 Å². The average Bonchev–Trinajstić information content (AvgIpc) is 3.27. The van der Waals surface area contributed by atoms with Crippen LogP contribution in [-0.4, -0.2) is 69.9 Å². The summed E-state index contributed by atoms with van der Waals surface area (Å²) in [5.41, 5.74) is 2.22. The van der Waals surface area contributed by atoms with Crippen LogP contribution < -0.4 is 25.6 Å². The summed E-state index contributed by atoms with van der Waals surface area (Å²) in [5.74, 6) is -1.06. The lowest BCUT2D eigenvalue weighted by Crippen LogP contribution is -2.54. The monoisotopic (exact) mass is 548 g/mol. The molecular weight excluding hydrogens is 515 g/mol. The molecule has 2 aromatic heterocycles. The number of carbonyl (C=O) groups excluding carboxylic acids is 2. The van der Waals surface area contributed by atoms with E-state index in [1.54, 1.807) is 31.6 Å². The molecule has 3 heterocycles. The van der Waals surface area contributed by atoms with Gasteiger partial charge in [-0.15, -0.1) is 0 Å². The molecule has 3 N–H and O–H groups in total. The molecule has 0 saturated carbocycles. The lowest BCUT2D eigenvalue weighted by Gasteiger charge is -2.38. The van der Waals surface area contributed by atoms with E-state index in [0.717, 1.165) is 18.8 Å². The number of aromatic nitrogens is 4. The number of hydrogen-bond donors (Lipinski definition) is 3. The molecule has 2 aromatic carbocycles. The Hall–Kier alpha value is -4.32. The third-order valence-corrected chi connectivity index (χ3v) is 6.71. The summed E-state index contributed by atoms with van der Waals surface area (Å²) >= 11 is 0. The molecular formula is C28H33FN8O3. The van der Waals surface area contributed by atoms with E-state index in [9.17, 15) is 14.0 Å². The first kappa shape index (κ1) is 27.3. The summed E-state index contributed by atoms with van der Waals surface area (Å²) in [6, 6.07) is 7.28. The molecule has 0 bridgehead atoms. The van der Waals surface area contributed by atoms with E-state index in [0.29, 0.717) is 47.1 Å². The van der Waals surface area contributed by atoms with E-state index in [4.69, 9.17) is 4.74 Å². The average molecular weight is 549 g/mol. The van der Waals surface area contributed by atoms with Gasteiger partial charge in [-0.25, -0.2) is 9.37 Å². The van der Waals surface area contributed by atoms with Gasteiger partial charge in [0.05, 0.1) is 17.7 Å². The number of anilines is 2. The molecule has 0 unspecified atom stereocenters. The highest BCUT2D eigenvalue weighted by molar-refractivity contribution is 6.14. The molecule has 1 saturated heterocycles. The second-order valence-corrected chi connectivity index (χ2v) is 10.3. The Kier molecular flexibility index (Phi) is 7.78. The van der Waals surface area contributed by atoms with Crippen molar-refractivity contribution in [3.63, 3.8) is 0 Å². The van der Waals surface area contributed by atoms with Crippen LogP contribution in [0.3, 0.4) is 0 Å². The first-order valence-corrected chi connectivity index (χ1v) is 13.3. The number of rotatable bonds is 8. The maximum absolute atomic E-state index is 14.7. The highest BCUT2D eigenvalue weighted by atomic mass is 19.1. The van der Waals surface area contributed by atoms with Crippen LogP contribution in [0.15, 0.2) is 36.7 Å². The third kappa shape index (κ3) is 5.96. The molecule has 4 aromatic rings. The minimum absolute atomic E-state index is 0.107. The molecule has 210 valence electrons. The molecule has 0 aliphatic carbocycles. The Morgan fingerprint density at radius 2 is 1.95 bits per heavy atom. The largest absolute Gasteiger partial charge is 0.463 e. The number of benzene rings is 2. The van der Waals surface area contributed by atoms with Crippen molar-refractivity contribution in [1.82, 2.24) is 30.4 Å². The fourth-order valence-electron chi connectivity index (χ4n) is 5.12. The van der Waals surface area contributed by atoms with Crippen LogP contribution in [0.5, 0.6) is 6.01 Å². The topological polar surface area (TPSA) is 126 Å². The lowest BCUT2D eigenvalue weighted by atomic mass is 10.0. The third-order valence-electron chi connectivity index (χ3n) is 6.71. The van der Waals surface area contributed by atoms with Crippen molar-refractivity contribution in [2.75, 3.05) is 36.5 Å². The van der Waals surface area contributed by atoms with Gasteiger partial charge in [0.2, 0.25) is 5.91 Å². The van der Waals surface area contributed by atoms with Crippen LogP contribution in [0.2, 0.25) is 0 Å². The van der Waals surface area contributed by atoms with Gasteiger partial charge in [0, 0.05) is 80.2 Å². The van der Waals surface area contributed by atoms with Gasteiger partial charge in [-0.3, -0.25) is 14.3 Å². The molecule has 0 radical (unpaired) electrons. The number of aryl methyl sites for hydroxylation is 1. The number of nitrogens with zero attached hydrogens (tertiary/aromatic N) is 5. The molecule has 2 amide bonds. The van der Waals surface area contributed by atoms with Gasteiger partial charge in [0.25, 0.3) is 5.91 Å². The number of piperazine rings is 1. The summed E-state index contributed by atoms with van der Waals surface area (Å²) < 4.78 is 21.9. The Bertz CT molecular complexity index is 1560. The molecule has 1 aliphatic heterocycles. The van der Waals surface area contributed by atoms with Gasteiger partial charge in [0.15, 0.2) is 5.82 Å². The normalized spacial score (nSPS) is 17.3. The van der Waals surface area contributed by atoms with Crippen molar-refractivity contribution in [3.8, 4) is 6.01 Å². The first-order valence-electron chi connectivity index (χ1n) is 13.3. The van der Waals surface area contributed by atoms with E-state index in [1.165, 1.54) is 17.7 Å². The summed E-state index contributed by atoms with van der Waals surface area (Å²) in [4.78, 5) is 35.9. The van der Waals surface area contributed by atoms with Crippen molar-refractivity contribution >= 4 is 45.0 Å². The number of nitrogens with one attached hydrogen (secondary N) is 3. The van der Waals surface area contributed by atoms with Crippen LogP contribution in [-0.2, 0) is 11.8 Å². The predicted molar refractivity (Wildman–Crippen MR) is 151 cm³/mol. The van der Waals surface area contributed by atoms with Crippen LogP contribution in [0.25, 0.3) is 21.8 Å². The Morgan fingerprint density at radius 1 is 1.18 bits per heavy atom. The van der Waals surface area contributed by atoms with Crippen LogP contribution in [0.4, 0.5) is 15.8 Å².